The van der Waals surface area contributed by atoms with Gasteiger partial charge in [0.1, 0.15) is 10.8 Å². The van der Waals surface area contributed by atoms with Crippen molar-refractivity contribution in [2.75, 3.05) is 0 Å². The number of pyridine rings is 1. The van der Waals surface area contributed by atoms with Gasteiger partial charge in [-0.05, 0) is 29.8 Å². The van der Waals surface area contributed by atoms with Crippen LogP contribution in [0, 0.1) is 17.1 Å². The smallest absolute Gasteiger partial charge is 0.338 e. The minimum atomic E-state index is -1.06. The Bertz CT molecular complexity index is 698. The van der Waals surface area contributed by atoms with Gasteiger partial charge in [-0.15, -0.1) is 11.8 Å². The molecule has 0 saturated heterocycles. The van der Waals surface area contributed by atoms with Crippen LogP contribution in [0.4, 0.5) is 4.39 Å². The number of thioether (sulfide) groups is 1. The third kappa shape index (κ3) is 3.13. The standard InChI is InChI=1S/C14H9FN2O2S/c15-11-4-3-9(10(6-11)7-16)8-20-13-12(14(18)19)2-1-5-17-13/h1-6H,8H2,(H,18,19). The maximum Gasteiger partial charge on any atom is 0.338 e. The van der Waals surface area contributed by atoms with Crippen LogP contribution in [0.5, 0.6) is 0 Å². The fourth-order valence-corrected chi connectivity index (χ4v) is 2.58. The summed E-state index contributed by atoms with van der Waals surface area (Å²) in [4.78, 5) is 15.1. The lowest BCUT2D eigenvalue weighted by atomic mass is 10.1. The third-order valence-electron chi connectivity index (χ3n) is 2.56. The van der Waals surface area contributed by atoms with Crippen LogP contribution in [0.1, 0.15) is 21.5 Å². The highest BCUT2D eigenvalue weighted by Gasteiger charge is 2.12. The Morgan fingerprint density at radius 3 is 2.95 bits per heavy atom. The Morgan fingerprint density at radius 1 is 1.45 bits per heavy atom. The van der Waals surface area contributed by atoms with Gasteiger partial charge < -0.3 is 5.11 Å². The topological polar surface area (TPSA) is 74.0 Å². The van der Waals surface area contributed by atoms with Crippen LogP contribution in [0.25, 0.3) is 0 Å². The van der Waals surface area contributed by atoms with Crippen LogP contribution in [-0.4, -0.2) is 16.1 Å². The third-order valence-corrected chi connectivity index (χ3v) is 3.61. The zero-order valence-corrected chi connectivity index (χ0v) is 11.0. The molecule has 1 heterocycles. The van der Waals surface area contributed by atoms with Gasteiger partial charge in [-0.1, -0.05) is 6.07 Å². The van der Waals surface area contributed by atoms with Crippen LogP contribution >= 0.6 is 11.8 Å². The summed E-state index contributed by atoms with van der Waals surface area (Å²) < 4.78 is 13.0. The highest BCUT2D eigenvalue weighted by atomic mass is 32.2. The molecule has 1 aromatic carbocycles. The fourth-order valence-electron chi connectivity index (χ4n) is 1.59. The number of hydrogen-bond donors (Lipinski definition) is 1. The predicted octanol–water partition coefficient (Wildman–Crippen LogP) is 3.08. The molecule has 1 aromatic heterocycles. The average Bonchev–Trinajstić information content (AvgIpc) is 2.46. The number of carbonyl (C=O) groups is 1. The molecule has 6 heteroatoms. The number of halogens is 1. The Kier molecular flexibility index (Phi) is 4.33. The Balaban J connectivity index is 2.22. The predicted molar refractivity (Wildman–Crippen MR) is 71.9 cm³/mol. The Morgan fingerprint density at radius 2 is 2.25 bits per heavy atom. The molecule has 0 aliphatic carbocycles. The molecule has 0 spiro atoms. The van der Waals surface area contributed by atoms with Gasteiger partial charge in [0.2, 0.25) is 0 Å². The molecule has 0 aliphatic heterocycles. The summed E-state index contributed by atoms with van der Waals surface area (Å²) in [5.41, 5.74) is 0.990. The van der Waals surface area contributed by atoms with Gasteiger partial charge in [0.15, 0.2) is 0 Å². The molecule has 2 rings (SSSR count). The lowest BCUT2D eigenvalue weighted by Gasteiger charge is -2.06. The van der Waals surface area contributed by atoms with Crippen molar-refractivity contribution in [1.82, 2.24) is 4.98 Å². The quantitative estimate of drug-likeness (QED) is 0.875. The summed E-state index contributed by atoms with van der Waals surface area (Å²) in [6, 6.07) is 8.88. The Hall–Kier alpha value is -2.39. The number of benzene rings is 1. The van der Waals surface area contributed by atoms with E-state index >= 15 is 0 Å². The van der Waals surface area contributed by atoms with E-state index in [9.17, 15) is 9.18 Å². The van der Waals surface area contributed by atoms with Gasteiger partial charge in [0.25, 0.3) is 0 Å². The van der Waals surface area contributed by atoms with Gasteiger partial charge in [0.05, 0.1) is 17.2 Å². The van der Waals surface area contributed by atoms with E-state index in [1.165, 1.54) is 36.2 Å². The van der Waals surface area contributed by atoms with Gasteiger partial charge in [-0.2, -0.15) is 5.26 Å². The number of nitrogens with zero attached hydrogens (tertiary/aromatic N) is 2. The van der Waals surface area contributed by atoms with E-state index in [4.69, 9.17) is 10.4 Å². The van der Waals surface area contributed by atoms with E-state index in [-0.39, 0.29) is 11.1 Å². The molecule has 0 unspecified atom stereocenters. The number of hydrogen-bond acceptors (Lipinski definition) is 4. The first-order valence-corrected chi connectivity index (χ1v) is 6.60. The molecule has 0 fully saturated rings. The summed E-state index contributed by atoms with van der Waals surface area (Å²) in [5, 5.41) is 18.4. The molecule has 0 radical (unpaired) electrons. The largest absolute Gasteiger partial charge is 0.478 e. The highest BCUT2D eigenvalue weighted by Crippen LogP contribution is 2.25. The van der Waals surface area contributed by atoms with Crippen LogP contribution in [0.3, 0.4) is 0 Å². The van der Waals surface area contributed by atoms with Crippen molar-refractivity contribution >= 4 is 17.7 Å². The summed E-state index contributed by atoms with van der Waals surface area (Å²) in [6.45, 7) is 0. The molecule has 0 amide bonds. The van der Waals surface area contributed by atoms with Crippen molar-refractivity contribution in [2.24, 2.45) is 0 Å². The van der Waals surface area contributed by atoms with Gasteiger partial charge in [-0.25, -0.2) is 14.2 Å². The highest BCUT2D eigenvalue weighted by molar-refractivity contribution is 7.98. The van der Waals surface area contributed by atoms with Crippen LogP contribution < -0.4 is 0 Å². The molecule has 0 bridgehead atoms. The SMILES string of the molecule is N#Cc1cc(F)ccc1CSc1ncccc1C(=O)O. The molecule has 100 valence electrons. The van der Waals surface area contributed by atoms with Gasteiger partial charge in [0, 0.05) is 11.9 Å². The second-order valence-corrected chi connectivity index (χ2v) is 4.83. The number of aromatic carboxylic acids is 1. The molecular formula is C14H9FN2O2S. The minimum Gasteiger partial charge on any atom is -0.478 e. The summed E-state index contributed by atoms with van der Waals surface area (Å²) in [7, 11) is 0. The van der Waals surface area contributed by atoms with Crippen LogP contribution in [0.2, 0.25) is 0 Å². The maximum absolute atomic E-state index is 13.0. The van der Waals surface area contributed by atoms with E-state index in [0.717, 1.165) is 6.07 Å². The van der Waals surface area contributed by atoms with Crippen LogP contribution in [-0.2, 0) is 5.75 Å². The molecule has 0 aliphatic rings. The monoisotopic (exact) mass is 288 g/mol. The lowest BCUT2D eigenvalue weighted by Crippen LogP contribution is -2.00. The van der Waals surface area contributed by atoms with Crippen molar-refractivity contribution < 1.29 is 14.3 Å². The number of rotatable bonds is 4. The molecule has 1 N–H and O–H groups in total. The van der Waals surface area contributed by atoms with Crippen molar-refractivity contribution in [3.8, 4) is 6.07 Å². The number of aromatic nitrogens is 1. The van der Waals surface area contributed by atoms with E-state index < -0.39 is 11.8 Å². The first-order chi connectivity index (χ1) is 9.61. The summed E-state index contributed by atoms with van der Waals surface area (Å²) >= 11 is 1.20. The van der Waals surface area contributed by atoms with Gasteiger partial charge in [-0.3, -0.25) is 0 Å². The van der Waals surface area contributed by atoms with E-state index in [2.05, 4.69) is 4.98 Å². The van der Waals surface area contributed by atoms with E-state index in [0.29, 0.717) is 16.3 Å². The molecule has 4 nitrogen and oxygen atoms in total. The van der Waals surface area contributed by atoms with Crippen molar-refractivity contribution in [3.63, 3.8) is 0 Å². The minimum absolute atomic E-state index is 0.109. The molecule has 20 heavy (non-hydrogen) atoms. The first kappa shape index (κ1) is 14.0. The summed E-state index contributed by atoms with van der Waals surface area (Å²) in [6.07, 6.45) is 1.50. The van der Waals surface area contributed by atoms with Crippen LogP contribution in [0.15, 0.2) is 41.6 Å². The van der Waals surface area contributed by atoms with Crippen molar-refractivity contribution in [1.29, 1.82) is 5.26 Å². The summed E-state index contributed by atoms with van der Waals surface area (Å²) in [5.74, 6) is -1.18. The molecule has 2 aromatic rings. The first-order valence-electron chi connectivity index (χ1n) is 5.61. The normalized spacial score (nSPS) is 10.0. The zero-order chi connectivity index (χ0) is 14.5. The molecular weight excluding hydrogens is 279 g/mol. The zero-order valence-electron chi connectivity index (χ0n) is 10.2. The van der Waals surface area contributed by atoms with Gasteiger partial charge >= 0.3 is 5.97 Å². The second kappa shape index (κ2) is 6.17. The molecule has 0 atom stereocenters. The second-order valence-electron chi connectivity index (χ2n) is 3.86. The maximum atomic E-state index is 13.0. The van der Waals surface area contributed by atoms with E-state index in [1.54, 1.807) is 6.07 Å². The number of carboxylic acid groups (broad SMARTS) is 1. The van der Waals surface area contributed by atoms with E-state index in [1.807, 2.05) is 6.07 Å². The lowest BCUT2D eigenvalue weighted by molar-refractivity contribution is 0.0692. The Labute approximate surface area is 118 Å². The van der Waals surface area contributed by atoms with Crippen molar-refractivity contribution in [3.05, 3.63) is 59.0 Å². The number of carboxylic acids is 1. The fraction of sp³-hybridized carbons (Fsp3) is 0.0714. The molecule has 0 saturated carbocycles. The number of nitriles is 1. The average molecular weight is 288 g/mol. The van der Waals surface area contributed by atoms with Crippen molar-refractivity contribution in [2.45, 2.75) is 10.8 Å².